The van der Waals surface area contributed by atoms with Crippen molar-refractivity contribution < 1.29 is 24.8 Å². The summed E-state index contributed by atoms with van der Waals surface area (Å²) in [5, 5.41) is 29.9. The van der Waals surface area contributed by atoms with E-state index in [9.17, 15) is 15.3 Å². The molecule has 3 N–H and O–H groups in total. The molecule has 3 saturated carbocycles. The standard InChI is InChI=1S/C25H32O5/c1-15(9-11-26)7-8-17-12-16(13-27)20-21-24(30-22(2,3)29-21)10-5-6-18-19(14-28)23(17,4)25(18,20)24/h9,12,18-19,21,26-28H,5-6,10-11,13-14H2,1-4H3/b15-9+/t18-,19-,21+,23+,24+,25+/m1/s1. The van der Waals surface area contributed by atoms with Gasteiger partial charge in [0.1, 0.15) is 11.7 Å². The zero-order valence-corrected chi connectivity index (χ0v) is 18.3. The molecule has 5 aliphatic rings. The van der Waals surface area contributed by atoms with Gasteiger partial charge in [-0.2, -0.15) is 0 Å². The third-order valence-electron chi connectivity index (χ3n) is 8.66. The molecule has 30 heavy (non-hydrogen) atoms. The highest BCUT2D eigenvalue weighted by Crippen LogP contribution is 2.87. The maximum Gasteiger partial charge on any atom is 0.164 e. The Labute approximate surface area is 178 Å². The minimum absolute atomic E-state index is 0.0426. The lowest BCUT2D eigenvalue weighted by atomic mass is 9.21. The van der Waals surface area contributed by atoms with Crippen LogP contribution < -0.4 is 0 Å². The van der Waals surface area contributed by atoms with Crippen molar-refractivity contribution in [1.82, 2.24) is 0 Å². The molecule has 5 nitrogen and oxygen atoms in total. The van der Waals surface area contributed by atoms with Crippen LogP contribution in [0.4, 0.5) is 0 Å². The first-order valence-corrected chi connectivity index (χ1v) is 11.1. The van der Waals surface area contributed by atoms with Gasteiger partial charge >= 0.3 is 0 Å². The Hall–Kier alpha value is -1.42. The van der Waals surface area contributed by atoms with Crippen LogP contribution in [0.1, 0.15) is 47.0 Å². The van der Waals surface area contributed by atoms with E-state index < -0.39 is 11.4 Å². The Morgan fingerprint density at radius 2 is 2.03 bits per heavy atom. The molecule has 5 heteroatoms. The SMILES string of the molecule is C/C(C#CC1=CC(CO)=C2[C@@H]3OC(C)(C)O[C@@]34CCC[C@@H]3[C@@H](CO)[C@@]1(C)[C@@]234)=C\CO. The van der Waals surface area contributed by atoms with Gasteiger partial charge in [0.15, 0.2) is 5.79 Å². The summed E-state index contributed by atoms with van der Waals surface area (Å²) >= 11 is 0. The van der Waals surface area contributed by atoms with Crippen LogP contribution in [0.5, 0.6) is 0 Å². The third kappa shape index (κ3) is 2.03. The summed E-state index contributed by atoms with van der Waals surface area (Å²) in [5.41, 5.74) is 2.76. The predicted molar refractivity (Wildman–Crippen MR) is 112 cm³/mol. The van der Waals surface area contributed by atoms with Gasteiger partial charge in [-0.25, -0.2) is 0 Å². The third-order valence-corrected chi connectivity index (χ3v) is 8.66. The minimum atomic E-state index is -0.677. The van der Waals surface area contributed by atoms with Crippen LogP contribution >= 0.6 is 0 Å². The van der Waals surface area contributed by atoms with Crippen LogP contribution in [0.25, 0.3) is 0 Å². The maximum absolute atomic E-state index is 10.4. The normalized spacial score (nSPS) is 45.2. The van der Waals surface area contributed by atoms with Gasteiger partial charge < -0.3 is 24.8 Å². The van der Waals surface area contributed by atoms with E-state index in [-0.39, 0.29) is 42.7 Å². The second-order valence-electron chi connectivity index (χ2n) is 10.2. The molecule has 0 aromatic carbocycles. The smallest absolute Gasteiger partial charge is 0.164 e. The average Bonchev–Trinajstić information content (AvgIpc) is 2.89. The molecule has 0 radical (unpaired) electrons. The minimum Gasteiger partial charge on any atom is -0.396 e. The van der Waals surface area contributed by atoms with Gasteiger partial charge in [-0.05, 0) is 74.3 Å². The predicted octanol–water partition coefficient (Wildman–Crippen LogP) is 2.48. The Morgan fingerprint density at radius 1 is 1.27 bits per heavy atom. The number of hydrogen-bond acceptors (Lipinski definition) is 5. The molecule has 0 unspecified atom stereocenters. The molecule has 5 rings (SSSR count). The van der Waals surface area contributed by atoms with Crippen LogP contribution in [-0.4, -0.2) is 52.6 Å². The number of rotatable bonds is 3. The summed E-state index contributed by atoms with van der Waals surface area (Å²) in [4.78, 5) is 0. The molecule has 6 atom stereocenters. The van der Waals surface area contributed by atoms with Crippen molar-refractivity contribution in [1.29, 1.82) is 0 Å². The van der Waals surface area contributed by atoms with Crippen LogP contribution in [0.2, 0.25) is 0 Å². The topological polar surface area (TPSA) is 79.2 Å². The highest BCUT2D eigenvalue weighted by molar-refractivity contribution is 5.65. The van der Waals surface area contributed by atoms with Gasteiger partial charge in [-0.15, -0.1) is 0 Å². The average molecular weight is 413 g/mol. The monoisotopic (exact) mass is 412 g/mol. The molecule has 162 valence electrons. The maximum atomic E-state index is 10.4. The fourth-order valence-electron chi connectivity index (χ4n) is 7.93. The fourth-order valence-corrected chi connectivity index (χ4v) is 7.93. The molecule has 2 spiro atoms. The summed E-state index contributed by atoms with van der Waals surface area (Å²) in [6, 6.07) is 0. The van der Waals surface area contributed by atoms with Crippen molar-refractivity contribution in [2.24, 2.45) is 22.7 Å². The molecule has 0 amide bonds. The Bertz CT molecular complexity index is 946. The van der Waals surface area contributed by atoms with Crippen molar-refractivity contribution >= 4 is 0 Å². The number of aliphatic hydroxyl groups is 3. The second-order valence-corrected chi connectivity index (χ2v) is 10.2. The lowest BCUT2D eigenvalue weighted by Crippen LogP contribution is -2.86. The van der Waals surface area contributed by atoms with E-state index in [1.165, 1.54) is 5.57 Å². The van der Waals surface area contributed by atoms with Crippen LogP contribution in [0, 0.1) is 34.5 Å². The number of aliphatic hydroxyl groups excluding tert-OH is 3. The number of ether oxygens (including phenoxy) is 2. The second kappa shape index (κ2) is 6.31. The highest BCUT2D eigenvalue weighted by Gasteiger charge is 2.90. The van der Waals surface area contributed by atoms with Gasteiger partial charge in [0.05, 0.1) is 13.2 Å². The van der Waals surface area contributed by atoms with Crippen LogP contribution in [-0.2, 0) is 9.47 Å². The molecule has 0 bridgehead atoms. The zero-order valence-electron chi connectivity index (χ0n) is 18.3. The molecule has 1 aliphatic heterocycles. The number of allylic oxidation sites excluding steroid dienone is 2. The van der Waals surface area contributed by atoms with Crippen molar-refractivity contribution in [3.05, 3.63) is 34.4 Å². The van der Waals surface area contributed by atoms with Gasteiger partial charge in [-0.1, -0.05) is 25.2 Å². The van der Waals surface area contributed by atoms with E-state index in [1.54, 1.807) is 6.08 Å². The molecule has 1 heterocycles. The van der Waals surface area contributed by atoms with Gasteiger partial charge in [0.2, 0.25) is 0 Å². The molecule has 1 saturated heterocycles. The van der Waals surface area contributed by atoms with E-state index in [0.717, 1.165) is 36.0 Å². The first-order chi connectivity index (χ1) is 14.2. The van der Waals surface area contributed by atoms with Gasteiger partial charge in [0, 0.05) is 23.0 Å². The van der Waals surface area contributed by atoms with Gasteiger partial charge in [-0.3, -0.25) is 0 Å². The van der Waals surface area contributed by atoms with E-state index in [0.29, 0.717) is 5.92 Å². The van der Waals surface area contributed by atoms with Crippen LogP contribution in [0.15, 0.2) is 34.4 Å². The summed E-state index contributed by atoms with van der Waals surface area (Å²) < 4.78 is 13.1. The first-order valence-electron chi connectivity index (χ1n) is 11.1. The highest BCUT2D eigenvalue weighted by atomic mass is 16.8. The van der Waals surface area contributed by atoms with Gasteiger partial charge in [0.25, 0.3) is 0 Å². The summed E-state index contributed by atoms with van der Waals surface area (Å²) in [7, 11) is 0. The lowest BCUT2D eigenvalue weighted by molar-refractivity contribution is -0.332. The molecule has 0 aromatic heterocycles. The van der Waals surface area contributed by atoms with Crippen molar-refractivity contribution in [2.45, 2.75) is 64.4 Å². The molecule has 0 aromatic rings. The van der Waals surface area contributed by atoms with Crippen LogP contribution in [0.3, 0.4) is 0 Å². The first kappa shape index (κ1) is 20.5. The van der Waals surface area contributed by atoms with E-state index in [4.69, 9.17) is 9.47 Å². The molecule has 4 aliphatic carbocycles. The zero-order chi connectivity index (χ0) is 21.5. The summed E-state index contributed by atoms with van der Waals surface area (Å²) in [6.07, 6.45) is 6.60. The molecule has 4 fully saturated rings. The van der Waals surface area contributed by atoms with Crippen molar-refractivity contribution in [3.8, 4) is 11.8 Å². The largest absolute Gasteiger partial charge is 0.396 e. The quantitative estimate of drug-likeness (QED) is 0.621. The van der Waals surface area contributed by atoms with Crippen molar-refractivity contribution in [2.75, 3.05) is 19.8 Å². The molecular formula is C25H32O5. The van der Waals surface area contributed by atoms with Crippen molar-refractivity contribution in [3.63, 3.8) is 0 Å². The Kier molecular flexibility index (Phi) is 4.31. The Balaban J connectivity index is 1.73. The Morgan fingerprint density at radius 3 is 2.70 bits per heavy atom. The number of hydrogen-bond donors (Lipinski definition) is 3. The molecular weight excluding hydrogens is 380 g/mol. The van der Waals surface area contributed by atoms with E-state index >= 15 is 0 Å². The summed E-state index contributed by atoms with van der Waals surface area (Å²) in [5.74, 6) is 6.24. The van der Waals surface area contributed by atoms with E-state index in [1.807, 2.05) is 26.8 Å². The van der Waals surface area contributed by atoms with E-state index in [2.05, 4.69) is 18.8 Å². The fraction of sp³-hybridized carbons (Fsp3) is 0.680. The number of fused-ring (bicyclic) bond motifs is 1. The summed E-state index contributed by atoms with van der Waals surface area (Å²) in [6.45, 7) is 8.06. The lowest BCUT2D eigenvalue weighted by Gasteiger charge is -2.83.